The van der Waals surface area contributed by atoms with Crippen molar-refractivity contribution in [1.82, 2.24) is 20.4 Å². The van der Waals surface area contributed by atoms with Crippen LogP contribution in [0.3, 0.4) is 0 Å². The number of rotatable bonds is 6. The summed E-state index contributed by atoms with van der Waals surface area (Å²) in [7, 11) is 0. The van der Waals surface area contributed by atoms with Crippen LogP contribution in [-0.2, 0) is 17.8 Å². The van der Waals surface area contributed by atoms with E-state index in [9.17, 15) is 9.59 Å². The van der Waals surface area contributed by atoms with Gasteiger partial charge in [0.15, 0.2) is 5.82 Å². The smallest absolute Gasteiger partial charge is 0.279 e. The number of nitrogens with one attached hydrogen (secondary N) is 2. The molecule has 4 rings (SSSR count). The first kappa shape index (κ1) is 19.8. The van der Waals surface area contributed by atoms with E-state index in [4.69, 9.17) is 4.98 Å². The second-order valence-electron chi connectivity index (χ2n) is 6.90. The number of hydrogen-bond acceptors (Lipinski definition) is 4. The molecule has 2 aromatic carbocycles. The van der Waals surface area contributed by atoms with E-state index in [1.807, 2.05) is 54.6 Å². The van der Waals surface area contributed by atoms with Gasteiger partial charge in [-0.1, -0.05) is 49.4 Å². The lowest BCUT2D eigenvalue weighted by molar-refractivity contribution is -0.121. The summed E-state index contributed by atoms with van der Waals surface area (Å²) in [6, 6.07) is 21.1. The van der Waals surface area contributed by atoms with Crippen molar-refractivity contribution in [1.29, 1.82) is 0 Å². The van der Waals surface area contributed by atoms with Crippen LogP contribution in [0.4, 0.5) is 0 Å². The highest BCUT2D eigenvalue weighted by Gasteiger charge is 2.16. The molecule has 0 atom stereocenters. The molecule has 0 saturated carbocycles. The Hall–Kier alpha value is -3.45. The van der Waals surface area contributed by atoms with Gasteiger partial charge in [0.2, 0.25) is 5.91 Å². The zero-order valence-electron chi connectivity index (χ0n) is 16.6. The van der Waals surface area contributed by atoms with Gasteiger partial charge in [0.1, 0.15) is 0 Å². The minimum atomic E-state index is -0.342. The van der Waals surface area contributed by atoms with Crippen LogP contribution >= 0.6 is 11.3 Å². The molecule has 2 aromatic heterocycles. The lowest BCUT2D eigenvalue weighted by atomic mass is 10.1. The zero-order valence-corrected chi connectivity index (χ0v) is 17.4. The molecule has 7 heteroatoms. The van der Waals surface area contributed by atoms with Gasteiger partial charge in [-0.15, -0.1) is 11.3 Å². The van der Waals surface area contributed by atoms with E-state index < -0.39 is 0 Å². The topological polar surface area (TPSA) is 76.0 Å². The van der Waals surface area contributed by atoms with E-state index in [2.05, 4.69) is 28.4 Å². The molecule has 0 aliphatic heterocycles. The summed E-state index contributed by atoms with van der Waals surface area (Å²) in [6.07, 6.45) is 1.19. The number of carbonyl (C=O) groups excluding carboxylic acids is 2. The number of nitrogens with zero attached hydrogens (tertiary/aromatic N) is 2. The standard InChI is InChI=1S/C23H22N4O2S/c1-2-14-27-18-11-7-6-10-17(18)24-22(27)19-12-13-20(30-19)23(29)26-25-21(28)15-16-8-4-3-5-9-16/h3-13H,2,14-15H2,1H3,(H,25,28)(H,26,29). The Morgan fingerprint density at radius 2 is 1.73 bits per heavy atom. The lowest BCUT2D eigenvalue weighted by Crippen LogP contribution is -2.42. The Balaban J connectivity index is 1.46. The van der Waals surface area contributed by atoms with Crippen LogP contribution in [0.1, 0.15) is 28.6 Å². The third-order valence-electron chi connectivity index (χ3n) is 4.67. The van der Waals surface area contributed by atoms with E-state index in [1.165, 1.54) is 11.3 Å². The molecule has 0 unspecified atom stereocenters. The van der Waals surface area contributed by atoms with Crippen molar-refractivity contribution < 1.29 is 9.59 Å². The molecular formula is C23H22N4O2S. The quantitative estimate of drug-likeness (QED) is 0.461. The number of hydrazine groups is 1. The number of carbonyl (C=O) groups is 2. The summed E-state index contributed by atoms with van der Waals surface area (Å²) in [6.45, 7) is 2.98. The van der Waals surface area contributed by atoms with E-state index in [-0.39, 0.29) is 18.2 Å². The summed E-state index contributed by atoms with van der Waals surface area (Å²) in [5.41, 5.74) is 7.88. The van der Waals surface area contributed by atoms with E-state index in [1.54, 1.807) is 6.07 Å². The van der Waals surface area contributed by atoms with Gasteiger partial charge in [0, 0.05) is 6.54 Å². The SMILES string of the molecule is CCCn1c(-c2ccc(C(=O)NNC(=O)Cc3ccccc3)s2)nc2ccccc21. The molecule has 0 aliphatic rings. The first-order valence-corrected chi connectivity index (χ1v) is 10.7. The number of benzene rings is 2. The number of para-hydroxylation sites is 2. The number of hydrogen-bond donors (Lipinski definition) is 2. The maximum Gasteiger partial charge on any atom is 0.279 e. The third-order valence-corrected chi connectivity index (χ3v) is 5.75. The van der Waals surface area contributed by atoms with Crippen LogP contribution in [0.25, 0.3) is 21.7 Å². The van der Waals surface area contributed by atoms with Gasteiger partial charge < -0.3 is 4.57 Å². The van der Waals surface area contributed by atoms with Crippen molar-refractivity contribution in [3.63, 3.8) is 0 Å². The van der Waals surface area contributed by atoms with Crippen LogP contribution in [0, 0.1) is 0 Å². The van der Waals surface area contributed by atoms with Crippen LogP contribution in [-0.4, -0.2) is 21.4 Å². The molecule has 2 amide bonds. The van der Waals surface area contributed by atoms with Crippen molar-refractivity contribution in [3.8, 4) is 10.7 Å². The zero-order chi connectivity index (χ0) is 20.9. The fraction of sp³-hybridized carbons (Fsp3) is 0.174. The minimum Gasteiger partial charge on any atom is -0.323 e. The number of aryl methyl sites for hydroxylation is 1. The van der Waals surface area contributed by atoms with Crippen molar-refractivity contribution in [2.24, 2.45) is 0 Å². The molecule has 0 fully saturated rings. The molecule has 2 heterocycles. The second-order valence-corrected chi connectivity index (χ2v) is 7.99. The fourth-order valence-electron chi connectivity index (χ4n) is 3.31. The van der Waals surface area contributed by atoms with Gasteiger partial charge >= 0.3 is 0 Å². The lowest BCUT2D eigenvalue weighted by Gasteiger charge is -2.07. The average molecular weight is 419 g/mol. The van der Waals surface area contributed by atoms with Gasteiger partial charge in [-0.25, -0.2) is 4.98 Å². The Kier molecular flexibility index (Phi) is 5.90. The monoisotopic (exact) mass is 418 g/mol. The third kappa shape index (κ3) is 4.26. The molecule has 6 nitrogen and oxygen atoms in total. The number of aromatic nitrogens is 2. The van der Waals surface area contributed by atoms with Gasteiger partial charge in [-0.05, 0) is 36.2 Å². The average Bonchev–Trinajstić information content (AvgIpc) is 3.38. The molecule has 30 heavy (non-hydrogen) atoms. The van der Waals surface area contributed by atoms with Crippen LogP contribution in [0.15, 0.2) is 66.7 Å². The summed E-state index contributed by atoms with van der Waals surface area (Å²) in [4.78, 5) is 30.7. The normalized spacial score (nSPS) is 10.8. The maximum absolute atomic E-state index is 12.5. The first-order valence-electron chi connectivity index (χ1n) is 9.84. The largest absolute Gasteiger partial charge is 0.323 e. The predicted molar refractivity (Wildman–Crippen MR) is 119 cm³/mol. The molecule has 0 radical (unpaired) electrons. The van der Waals surface area contributed by atoms with Gasteiger partial charge in [0.05, 0.1) is 27.2 Å². The number of amides is 2. The summed E-state index contributed by atoms with van der Waals surface area (Å²) in [5, 5.41) is 0. The highest BCUT2D eigenvalue weighted by Crippen LogP contribution is 2.30. The van der Waals surface area contributed by atoms with Crippen molar-refractivity contribution >= 4 is 34.2 Å². The van der Waals surface area contributed by atoms with E-state index in [0.29, 0.717) is 4.88 Å². The van der Waals surface area contributed by atoms with E-state index in [0.717, 1.165) is 40.3 Å². The highest BCUT2D eigenvalue weighted by molar-refractivity contribution is 7.17. The van der Waals surface area contributed by atoms with Crippen LogP contribution in [0.2, 0.25) is 0 Å². The molecule has 152 valence electrons. The number of thiophene rings is 1. The van der Waals surface area contributed by atoms with E-state index >= 15 is 0 Å². The Morgan fingerprint density at radius 3 is 2.53 bits per heavy atom. The Bertz CT molecular complexity index is 1180. The molecule has 2 N–H and O–H groups in total. The molecule has 0 bridgehead atoms. The highest BCUT2D eigenvalue weighted by atomic mass is 32.1. The van der Waals surface area contributed by atoms with Crippen molar-refractivity contribution in [2.75, 3.05) is 0 Å². The maximum atomic E-state index is 12.5. The predicted octanol–water partition coefficient (Wildman–Crippen LogP) is 4.18. The molecular weight excluding hydrogens is 396 g/mol. The van der Waals surface area contributed by atoms with Gasteiger partial charge in [-0.3, -0.25) is 20.4 Å². The molecule has 0 aliphatic carbocycles. The Morgan fingerprint density at radius 1 is 0.967 bits per heavy atom. The molecule has 0 spiro atoms. The fourth-order valence-corrected chi connectivity index (χ4v) is 4.21. The van der Waals surface area contributed by atoms with Crippen molar-refractivity contribution in [2.45, 2.75) is 26.3 Å². The van der Waals surface area contributed by atoms with Crippen molar-refractivity contribution in [3.05, 3.63) is 77.2 Å². The van der Waals surface area contributed by atoms with Crippen LogP contribution in [0.5, 0.6) is 0 Å². The number of imidazole rings is 1. The minimum absolute atomic E-state index is 0.206. The summed E-state index contributed by atoms with van der Waals surface area (Å²) < 4.78 is 2.19. The molecule has 4 aromatic rings. The number of fused-ring (bicyclic) bond motifs is 1. The van der Waals surface area contributed by atoms with Crippen LogP contribution < -0.4 is 10.9 Å². The second kappa shape index (κ2) is 8.92. The summed E-state index contributed by atoms with van der Waals surface area (Å²) in [5.74, 6) is 0.247. The van der Waals surface area contributed by atoms with Gasteiger partial charge in [-0.2, -0.15) is 0 Å². The molecule has 0 saturated heterocycles. The summed E-state index contributed by atoms with van der Waals surface area (Å²) >= 11 is 1.36. The first-order chi connectivity index (χ1) is 14.7. The van der Waals surface area contributed by atoms with Gasteiger partial charge in [0.25, 0.3) is 5.91 Å². The Labute approximate surface area is 178 Å².